The molecule has 2 aliphatic rings. The topological polar surface area (TPSA) is 111 Å². The van der Waals surface area contributed by atoms with Crippen LogP contribution < -0.4 is 25.1 Å². The Morgan fingerprint density at radius 3 is 2.42 bits per heavy atom. The molecule has 3 N–H and O–H groups in total. The third-order valence-electron chi connectivity index (χ3n) is 7.38. The lowest BCUT2D eigenvalue weighted by Gasteiger charge is -2.31. The molecule has 2 aliphatic heterocycles. The number of ether oxygens (including phenoxy) is 4. The van der Waals surface area contributed by atoms with E-state index in [1.54, 1.807) is 0 Å². The lowest BCUT2D eigenvalue weighted by molar-refractivity contribution is -0.130. The first-order chi connectivity index (χ1) is 21.1. The normalized spacial score (nSPS) is 18.5. The first-order valence-electron chi connectivity index (χ1n) is 14.3. The number of hydrogen-bond acceptors (Lipinski definition) is 8. The first-order valence-corrected chi connectivity index (χ1v) is 14.3. The summed E-state index contributed by atoms with van der Waals surface area (Å²) < 4.78 is 23.1. The predicted octanol–water partition coefficient (Wildman–Crippen LogP) is 4.50. The van der Waals surface area contributed by atoms with Crippen molar-refractivity contribution in [1.82, 2.24) is 10.9 Å². The van der Waals surface area contributed by atoms with Gasteiger partial charge in [-0.2, -0.15) is 0 Å². The smallest absolute Gasteiger partial charge is 0.266 e. The SMILES string of the molecule is O=C(NNCc1ccc2c(c1)OCO2)[C@@]1(Cc2ccccc2)N=C(c2ccc(OCCCO)cc2)O[C@H]1c1ccccc1. The molecule has 43 heavy (non-hydrogen) atoms. The van der Waals surface area contributed by atoms with Gasteiger partial charge >= 0.3 is 0 Å². The Hall–Kier alpha value is -4.86. The van der Waals surface area contributed by atoms with Gasteiger partial charge in [-0.3, -0.25) is 10.2 Å². The third kappa shape index (κ3) is 6.33. The molecule has 0 fully saturated rings. The van der Waals surface area contributed by atoms with Gasteiger partial charge in [-0.05, 0) is 53.1 Å². The molecule has 220 valence electrons. The van der Waals surface area contributed by atoms with Crippen molar-refractivity contribution in [3.63, 3.8) is 0 Å². The van der Waals surface area contributed by atoms with Crippen LogP contribution in [0, 0.1) is 0 Å². The third-order valence-corrected chi connectivity index (χ3v) is 7.38. The summed E-state index contributed by atoms with van der Waals surface area (Å²) in [4.78, 5) is 19.3. The molecule has 0 aliphatic carbocycles. The highest BCUT2D eigenvalue weighted by molar-refractivity contribution is 6.01. The van der Waals surface area contributed by atoms with E-state index in [-0.39, 0.29) is 19.3 Å². The summed E-state index contributed by atoms with van der Waals surface area (Å²) in [6.07, 6.45) is 0.184. The summed E-state index contributed by atoms with van der Waals surface area (Å²) in [5, 5.41) is 9.04. The van der Waals surface area contributed by atoms with Crippen LogP contribution in [0.2, 0.25) is 0 Å². The van der Waals surface area contributed by atoms with Crippen molar-refractivity contribution < 1.29 is 28.8 Å². The molecule has 0 unspecified atom stereocenters. The molecule has 0 spiro atoms. The van der Waals surface area contributed by atoms with Crippen LogP contribution in [-0.4, -0.2) is 42.5 Å². The van der Waals surface area contributed by atoms with Crippen LogP contribution in [0.25, 0.3) is 0 Å². The maximum Gasteiger partial charge on any atom is 0.266 e. The monoisotopic (exact) mass is 579 g/mol. The molecular formula is C34H33N3O6. The van der Waals surface area contributed by atoms with Crippen LogP contribution in [0.4, 0.5) is 0 Å². The second-order valence-electron chi connectivity index (χ2n) is 10.4. The maximum atomic E-state index is 14.3. The van der Waals surface area contributed by atoms with Gasteiger partial charge in [0.1, 0.15) is 5.75 Å². The van der Waals surface area contributed by atoms with Gasteiger partial charge in [0.25, 0.3) is 5.91 Å². The van der Waals surface area contributed by atoms with Crippen molar-refractivity contribution in [2.24, 2.45) is 4.99 Å². The van der Waals surface area contributed by atoms with Gasteiger partial charge in [0, 0.05) is 31.6 Å². The number of carbonyl (C=O) groups is 1. The van der Waals surface area contributed by atoms with Gasteiger partial charge in [-0.25, -0.2) is 10.4 Å². The van der Waals surface area contributed by atoms with Crippen LogP contribution in [0.1, 0.15) is 34.8 Å². The minimum absolute atomic E-state index is 0.0702. The Morgan fingerprint density at radius 2 is 1.65 bits per heavy atom. The number of hydrogen-bond donors (Lipinski definition) is 3. The van der Waals surface area contributed by atoms with E-state index in [4.69, 9.17) is 29.0 Å². The first kappa shape index (κ1) is 28.3. The predicted molar refractivity (Wildman–Crippen MR) is 161 cm³/mol. The van der Waals surface area contributed by atoms with Crippen molar-refractivity contribution >= 4 is 11.8 Å². The molecule has 1 amide bonds. The fourth-order valence-corrected chi connectivity index (χ4v) is 5.20. The Labute approximate surface area is 250 Å². The molecule has 0 bridgehead atoms. The van der Waals surface area contributed by atoms with Gasteiger partial charge in [0.15, 0.2) is 23.1 Å². The Morgan fingerprint density at radius 1 is 0.907 bits per heavy atom. The van der Waals surface area contributed by atoms with E-state index in [2.05, 4.69) is 10.9 Å². The van der Waals surface area contributed by atoms with Crippen molar-refractivity contribution in [2.45, 2.75) is 31.0 Å². The van der Waals surface area contributed by atoms with Gasteiger partial charge in [-0.1, -0.05) is 66.7 Å². The van der Waals surface area contributed by atoms with Crippen molar-refractivity contribution in [3.05, 3.63) is 125 Å². The molecule has 2 atom stereocenters. The van der Waals surface area contributed by atoms with E-state index in [9.17, 15) is 4.79 Å². The summed E-state index contributed by atoms with van der Waals surface area (Å²) in [5.74, 6) is 2.12. The highest BCUT2D eigenvalue weighted by Gasteiger charge is 2.53. The number of aliphatic hydroxyl groups is 1. The molecule has 0 saturated carbocycles. The summed E-state index contributed by atoms with van der Waals surface area (Å²) in [6, 6.07) is 32.6. The fraction of sp³-hybridized carbons (Fsp3) is 0.235. The van der Waals surface area contributed by atoms with Crippen LogP contribution >= 0.6 is 0 Å². The van der Waals surface area contributed by atoms with Crippen LogP contribution in [0.5, 0.6) is 17.2 Å². The zero-order valence-corrected chi connectivity index (χ0v) is 23.6. The van der Waals surface area contributed by atoms with Crippen LogP contribution in [0.15, 0.2) is 108 Å². The number of rotatable bonds is 12. The van der Waals surface area contributed by atoms with Gasteiger partial charge in [-0.15, -0.1) is 0 Å². The van der Waals surface area contributed by atoms with Crippen molar-refractivity contribution in [3.8, 4) is 17.2 Å². The number of amides is 1. The standard InChI is InChI=1S/C34H33N3O6/c38-18-7-19-40-28-15-13-27(14-16-28)32-36-34(21-24-8-3-1-4-9-24,31(43-32)26-10-5-2-6-11-26)33(39)37-35-22-25-12-17-29-30(20-25)42-23-41-29/h1-6,8-17,20,31,35,38H,7,18-19,21-23H2,(H,37,39)/t31-,34-/m0/s1. The van der Waals surface area contributed by atoms with Gasteiger partial charge in [0.05, 0.1) is 6.61 Å². The Kier molecular flexibility index (Phi) is 8.53. The Balaban J connectivity index is 1.30. The fourth-order valence-electron chi connectivity index (χ4n) is 5.20. The van der Waals surface area contributed by atoms with Gasteiger partial charge < -0.3 is 24.1 Å². The average molecular weight is 580 g/mol. The summed E-state index contributed by atoms with van der Waals surface area (Å²) >= 11 is 0. The number of benzene rings is 4. The number of carbonyl (C=O) groups excluding carboxylic acids is 1. The molecule has 0 radical (unpaired) electrons. The largest absolute Gasteiger partial charge is 0.494 e. The number of aliphatic imine (C=N–C) groups is 1. The molecule has 0 saturated heterocycles. The number of fused-ring (bicyclic) bond motifs is 1. The minimum Gasteiger partial charge on any atom is -0.494 e. The van der Waals surface area contributed by atoms with E-state index in [1.165, 1.54) is 0 Å². The van der Waals surface area contributed by atoms with E-state index >= 15 is 0 Å². The van der Waals surface area contributed by atoms with Crippen LogP contribution in [0.3, 0.4) is 0 Å². The molecule has 2 heterocycles. The average Bonchev–Trinajstić information content (AvgIpc) is 3.68. The molecule has 0 aromatic heterocycles. The lowest BCUT2D eigenvalue weighted by Crippen LogP contribution is -2.53. The highest BCUT2D eigenvalue weighted by atomic mass is 16.7. The number of hydrazine groups is 1. The van der Waals surface area contributed by atoms with E-state index in [0.717, 1.165) is 22.3 Å². The quantitative estimate of drug-likeness (QED) is 0.168. The van der Waals surface area contributed by atoms with Gasteiger partial charge in [0.2, 0.25) is 12.7 Å². The summed E-state index contributed by atoms with van der Waals surface area (Å²) in [7, 11) is 0. The molecule has 9 heteroatoms. The molecule has 6 rings (SSSR count). The zero-order valence-electron chi connectivity index (χ0n) is 23.6. The number of nitrogens with zero attached hydrogens (tertiary/aromatic N) is 1. The van der Waals surface area contributed by atoms with E-state index in [1.807, 2.05) is 103 Å². The van der Waals surface area contributed by atoms with E-state index < -0.39 is 11.6 Å². The Bertz CT molecular complexity index is 1560. The summed E-state index contributed by atoms with van der Waals surface area (Å²) in [5.41, 5.74) is 8.14. The summed E-state index contributed by atoms with van der Waals surface area (Å²) in [6.45, 7) is 1.06. The highest BCUT2D eigenvalue weighted by Crippen LogP contribution is 2.42. The van der Waals surface area contributed by atoms with Crippen LogP contribution in [-0.2, 0) is 22.5 Å². The molecule has 4 aromatic carbocycles. The minimum atomic E-state index is -1.31. The van der Waals surface area contributed by atoms with Crippen molar-refractivity contribution in [2.75, 3.05) is 20.0 Å². The second kappa shape index (κ2) is 13.0. The van der Waals surface area contributed by atoms with Crippen molar-refractivity contribution in [1.29, 1.82) is 0 Å². The maximum absolute atomic E-state index is 14.3. The number of aliphatic hydroxyl groups excluding tert-OH is 1. The lowest BCUT2D eigenvalue weighted by atomic mass is 9.82. The molecule has 9 nitrogen and oxygen atoms in total. The zero-order chi connectivity index (χ0) is 29.5. The molecular weight excluding hydrogens is 546 g/mol. The second-order valence-corrected chi connectivity index (χ2v) is 10.4. The van der Waals surface area contributed by atoms with E-state index in [0.29, 0.717) is 49.1 Å². The number of nitrogens with one attached hydrogen (secondary N) is 2. The molecule has 4 aromatic rings.